The van der Waals surface area contributed by atoms with Crippen LogP contribution in [0.3, 0.4) is 0 Å². The van der Waals surface area contributed by atoms with Crippen LogP contribution in [0.2, 0.25) is 17.0 Å². The number of hydrogen-bond donors (Lipinski definition) is 0. The third-order valence-corrected chi connectivity index (χ3v) is 4.72. The maximum absolute atomic E-state index is 2.45. The van der Waals surface area contributed by atoms with Crippen LogP contribution in [-0.4, -0.2) is 13.9 Å². The van der Waals surface area contributed by atoms with Crippen molar-refractivity contribution in [2.75, 3.05) is 0 Å². The molecule has 0 N–H and O–H groups in total. The quantitative estimate of drug-likeness (QED) is 0.404. The van der Waals surface area contributed by atoms with Crippen LogP contribution in [0.15, 0.2) is 0 Å². The summed E-state index contributed by atoms with van der Waals surface area (Å²) in [5.41, 5.74) is 0. The normalized spacial score (nSPS) is 11.1. The number of rotatable bonds is 9. The Balaban J connectivity index is 2.84. The summed E-state index contributed by atoms with van der Waals surface area (Å²) in [5.74, 6) is 4.89. The van der Waals surface area contributed by atoms with E-state index < -0.39 is 0 Å². The molecule has 1 radical (unpaired) electrons. The SMILES string of the molecule is CCCCCCCCCC[Se](C)C. The van der Waals surface area contributed by atoms with Crippen molar-refractivity contribution in [3.05, 3.63) is 0 Å². The first kappa shape index (κ1) is 13.5. The van der Waals surface area contributed by atoms with E-state index in [4.69, 9.17) is 0 Å². The molecule has 0 aromatic heterocycles. The first-order valence-corrected chi connectivity index (χ1v) is 10.4. The molecule has 0 aliphatic rings. The van der Waals surface area contributed by atoms with Crippen LogP contribution in [0.4, 0.5) is 0 Å². The van der Waals surface area contributed by atoms with Crippen LogP contribution in [0.5, 0.6) is 0 Å². The molecule has 0 spiro atoms. The fourth-order valence-electron chi connectivity index (χ4n) is 1.52. The molecule has 0 aliphatic carbocycles. The summed E-state index contributed by atoms with van der Waals surface area (Å²) < 4.78 is 0. The van der Waals surface area contributed by atoms with Crippen molar-refractivity contribution in [3.63, 3.8) is 0 Å². The summed E-state index contributed by atoms with van der Waals surface area (Å²) in [4.78, 5) is 0. The zero-order chi connectivity index (χ0) is 9.94. The van der Waals surface area contributed by atoms with Gasteiger partial charge >= 0.3 is 89.2 Å². The van der Waals surface area contributed by atoms with Crippen LogP contribution in [0.1, 0.15) is 58.3 Å². The molecule has 0 saturated heterocycles. The molecule has 0 fully saturated rings. The van der Waals surface area contributed by atoms with Crippen LogP contribution < -0.4 is 0 Å². The number of hydrogen-bond acceptors (Lipinski definition) is 0. The second-order valence-electron chi connectivity index (χ2n) is 4.16. The Morgan fingerprint density at radius 3 is 1.62 bits per heavy atom. The van der Waals surface area contributed by atoms with E-state index in [0.29, 0.717) is 0 Å². The third-order valence-electron chi connectivity index (χ3n) is 2.41. The van der Waals surface area contributed by atoms with Gasteiger partial charge in [-0.05, 0) is 0 Å². The van der Waals surface area contributed by atoms with E-state index >= 15 is 0 Å². The van der Waals surface area contributed by atoms with Crippen molar-refractivity contribution >= 4 is 13.9 Å². The van der Waals surface area contributed by atoms with E-state index in [1.54, 1.807) is 5.32 Å². The Kier molecular flexibility index (Phi) is 11.0. The van der Waals surface area contributed by atoms with Gasteiger partial charge in [0.2, 0.25) is 0 Å². The van der Waals surface area contributed by atoms with Gasteiger partial charge in [-0.1, -0.05) is 0 Å². The Bertz CT molecular complexity index is 89.1. The molecule has 0 aliphatic heterocycles. The predicted molar refractivity (Wildman–Crippen MR) is 64.9 cm³/mol. The molecule has 0 heterocycles. The van der Waals surface area contributed by atoms with Gasteiger partial charge in [0.05, 0.1) is 0 Å². The molecule has 0 aromatic carbocycles. The maximum atomic E-state index is 2.45. The molecular weight excluding hydrogens is 223 g/mol. The van der Waals surface area contributed by atoms with Crippen molar-refractivity contribution in [1.29, 1.82) is 0 Å². The molecule has 0 bridgehead atoms. The first-order chi connectivity index (χ1) is 6.27. The topological polar surface area (TPSA) is 0 Å². The van der Waals surface area contributed by atoms with Crippen LogP contribution >= 0.6 is 0 Å². The summed E-state index contributed by atoms with van der Waals surface area (Å²) in [7, 11) is 0. The fraction of sp³-hybridized carbons (Fsp3) is 1.00. The molecule has 0 rings (SSSR count). The van der Waals surface area contributed by atoms with Crippen molar-refractivity contribution in [2.45, 2.75) is 75.3 Å². The molecule has 0 aromatic rings. The minimum atomic E-state index is -0.126. The monoisotopic (exact) mass is 251 g/mol. The van der Waals surface area contributed by atoms with Gasteiger partial charge in [-0.25, -0.2) is 0 Å². The van der Waals surface area contributed by atoms with Crippen molar-refractivity contribution < 1.29 is 0 Å². The summed E-state index contributed by atoms with van der Waals surface area (Å²) in [6, 6.07) is 0. The minimum absolute atomic E-state index is 0.126. The second-order valence-corrected chi connectivity index (χ2v) is 9.16. The second kappa shape index (κ2) is 10.6. The third kappa shape index (κ3) is 12.5. The van der Waals surface area contributed by atoms with E-state index in [1.807, 2.05) is 0 Å². The average molecular weight is 250 g/mol. The molecule has 0 atom stereocenters. The molecule has 0 unspecified atom stereocenters. The van der Waals surface area contributed by atoms with Gasteiger partial charge in [0.25, 0.3) is 0 Å². The molecular formula is C12H27Se. The van der Waals surface area contributed by atoms with E-state index in [1.165, 1.54) is 51.4 Å². The van der Waals surface area contributed by atoms with Crippen LogP contribution in [-0.2, 0) is 0 Å². The molecule has 0 amide bonds. The predicted octanol–water partition coefficient (Wildman–Crippen LogP) is 4.88. The zero-order valence-electron chi connectivity index (χ0n) is 9.77. The standard InChI is InChI=1S/C12H27Se/c1-4-5-6-7-8-9-10-11-12-13(2)3/h4-12H2,1-3H3. The van der Waals surface area contributed by atoms with Gasteiger partial charge in [-0.3, -0.25) is 0 Å². The molecule has 81 valence electrons. The first-order valence-electron chi connectivity index (χ1n) is 5.81. The van der Waals surface area contributed by atoms with E-state index in [2.05, 4.69) is 18.6 Å². The molecule has 0 saturated carbocycles. The molecule has 0 nitrogen and oxygen atoms in total. The van der Waals surface area contributed by atoms with Gasteiger partial charge in [-0.2, -0.15) is 0 Å². The Hall–Kier alpha value is 0.519. The Morgan fingerprint density at radius 1 is 0.692 bits per heavy atom. The van der Waals surface area contributed by atoms with Gasteiger partial charge in [-0.15, -0.1) is 0 Å². The van der Waals surface area contributed by atoms with Gasteiger partial charge in [0, 0.05) is 0 Å². The summed E-state index contributed by atoms with van der Waals surface area (Å²) in [6.07, 6.45) is 11.7. The molecule has 13 heavy (non-hydrogen) atoms. The molecule has 1 heteroatoms. The number of unbranched alkanes of at least 4 members (excludes halogenated alkanes) is 7. The Morgan fingerprint density at radius 2 is 1.15 bits per heavy atom. The summed E-state index contributed by atoms with van der Waals surface area (Å²) in [5, 5.41) is 1.55. The fourth-order valence-corrected chi connectivity index (χ4v) is 3.16. The van der Waals surface area contributed by atoms with Crippen LogP contribution in [0.25, 0.3) is 0 Å². The van der Waals surface area contributed by atoms with Crippen LogP contribution in [0, 0.1) is 0 Å². The van der Waals surface area contributed by atoms with E-state index in [9.17, 15) is 0 Å². The zero-order valence-corrected chi connectivity index (χ0v) is 11.5. The van der Waals surface area contributed by atoms with Gasteiger partial charge < -0.3 is 0 Å². The van der Waals surface area contributed by atoms with Gasteiger partial charge in [0.15, 0.2) is 0 Å². The van der Waals surface area contributed by atoms with E-state index in [-0.39, 0.29) is 13.9 Å². The van der Waals surface area contributed by atoms with Crippen molar-refractivity contribution in [3.8, 4) is 0 Å². The summed E-state index contributed by atoms with van der Waals surface area (Å²) in [6.45, 7) is 2.28. The van der Waals surface area contributed by atoms with E-state index in [0.717, 1.165) is 0 Å². The average Bonchev–Trinajstić information content (AvgIpc) is 2.09. The summed E-state index contributed by atoms with van der Waals surface area (Å²) >= 11 is -0.126. The Labute approximate surface area is 89.4 Å². The van der Waals surface area contributed by atoms with Gasteiger partial charge in [0.1, 0.15) is 0 Å². The van der Waals surface area contributed by atoms with Crippen molar-refractivity contribution in [2.24, 2.45) is 0 Å². The van der Waals surface area contributed by atoms with Crippen molar-refractivity contribution in [1.82, 2.24) is 0 Å².